The van der Waals surface area contributed by atoms with Gasteiger partial charge in [0.15, 0.2) is 0 Å². The third kappa shape index (κ3) is 5.81. The number of para-hydroxylation sites is 4. The quantitative estimate of drug-likeness (QED) is 0.161. The molecule has 11 aromatic rings. The Morgan fingerprint density at radius 3 is 2.00 bits per heavy atom. The second-order valence-corrected chi connectivity index (χ2v) is 15.9. The maximum atomic E-state index is 6.25. The van der Waals surface area contributed by atoms with E-state index in [9.17, 15) is 0 Å². The molecule has 0 atom stereocenters. The maximum absolute atomic E-state index is 6.25. The molecule has 0 saturated carbocycles. The van der Waals surface area contributed by atoms with Crippen molar-refractivity contribution in [2.75, 3.05) is 4.90 Å². The van der Waals surface area contributed by atoms with Crippen LogP contribution in [0.25, 0.3) is 83.3 Å². The van der Waals surface area contributed by atoms with Gasteiger partial charge in [0.05, 0.1) is 22.4 Å². The van der Waals surface area contributed by atoms with Gasteiger partial charge in [-0.1, -0.05) is 152 Å². The zero-order valence-corrected chi connectivity index (χ0v) is 33.5. The molecule has 0 N–H and O–H groups in total. The Kier molecular flexibility index (Phi) is 8.31. The molecule has 0 amide bonds. The summed E-state index contributed by atoms with van der Waals surface area (Å²) in [5.41, 5.74) is 16.0. The van der Waals surface area contributed by atoms with Crippen molar-refractivity contribution in [2.24, 2.45) is 0 Å². The molecule has 0 fully saturated rings. The number of fused-ring (bicyclic) bond motifs is 7. The molecule has 0 bridgehead atoms. The van der Waals surface area contributed by atoms with Gasteiger partial charge in [0.1, 0.15) is 11.2 Å². The Morgan fingerprint density at radius 1 is 0.443 bits per heavy atom. The number of aromatic nitrogens is 1. The number of hydrogen-bond acceptors (Lipinski definition) is 2. The van der Waals surface area contributed by atoms with Crippen molar-refractivity contribution in [2.45, 2.75) is 12.8 Å². The van der Waals surface area contributed by atoms with Crippen LogP contribution in [0.4, 0.5) is 17.1 Å². The van der Waals surface area contributed by atoms with Crippen LogP contribution in [0.2, 0.25) is 0 Å². The Morgan fingerprint density at radius 2 is 1.10 bits per heavy atom. The van der Waals surface area contributed by atoms with Crippen LogP contribution in [0, 0.1) is 0 Å². The molecule has 3 nitrogen and oxygen atoms in total. The summed E-state index contributed by atoms with van der Waals surface area (Å²) >= 11 is 0. The third-order valence-corrected chi connectivity index (χ3v) is 12.5. The minimum absolute atomic E-state index is 0.898. The summed E-state index contributed by atoms with van der Waals surface area (Å²) < 4.78 is 8.66. The fourth-order valence-corrected chi connectivity index (χ4v) is 9.81. The standard InChI is InChI=1S/C58H40N2O/c1-3-17-39(18-4-1)45-28-14-19-40-20-15-29-48(57(40)45)46-25-7-10-30-51(46)60(44-24-13-21-41(37-44)42-35-36-56-50(38-42)47-26-9-12-34-55(47)61-56)54-33-16-32-53-58(54)49-27-8-11-31-52(49)59(53)43-22-5-2-6-23-43/h1-14,16-28,30-38H,15,29H2. The SMILES string of the molecule is C1=c2cccc(-c3ccccc3)c2=C(c2ccccc2N(c2cccc(-c3ccc4oc5ccccc5c4c3)c2)c2cccc3c2c2ccccc2n3-c2ccccc2)CC1. The molecule has 1 aliphatic carbocycles. The van der Waals surface area contributed by atoms with E-state index in [2.05, 4.69) is 216 Å². The largest absolute Gasteiger partial charge is 0.456 e. The first-order valence-electron chi connectivity index (χ1n) is 21.2. The zero-order chi connectivity index (χ0) is 40.3. The van der Waals surface area contributed by atoms with Crippen molar-refractivity contribution < 1.29 is 4.42 Å². The van der Waals surface area contributed by atoms with Gasteiger partial charge >= 0.3 is 0 Å². The van der Waals surface area contributed by atoms with Crippen molar-refractivity contribution in [3.05, 3.63) is 228 Å². The Hall–Kier alpha value is -7.88. The van der Waals surface area contributed by atoms with E-state index in [1.54, 1.807) is 0 Å². The van der Waals surface area contributed by atoms with Gasteiger partial charge in [0.25, 0.3) is 0 Å². The summed E-state index contributed by atoms with van der Waals surface area (Å²) in [6.45, 7) is 0. The summed E-state index contributed by atoms with van der Waals surface area (Å²) in [4.78, 5) is 2.52. The topological polar surface area (TPSA) is 21.3 Å². The molecule has 0 spiro atoms. The van der Waals surface area contributed by atoms with E-state index in [1.165, 1.54) is 49.0 Å². The molecule has 2 heterocycles. The van der Waals surface area contributed by atoms with Gasteiger partial charge in [-0.05, 0) is 118 Å². The molecule has 3 heteroatoms. The highest BCUT2D eigenvalue weighted by Crippen LogP contribution is 2.47. The first-order chi connectivity index (χ1) is 30.3. The van der Waals surface area contributed by atoms with Crippen LogP contribution in [-0.2, 0) is 0 Å². The van der Waals surface area contributed by atoms with E-state index >= 15 is 0 Å². The highest BCUT2D eigenvalue weighted by atomic mass is 16.3. The van der Waals surface area contributed by atoms with E-state index < -0.39 is 0 Å². The van der Waals surface area contributed by atoms with Crippen LogP contribution in [-0.4, -0.2) is 4.57 Å². The Bertz CT molecular complexity index is 3600. The molecule has 0 saturated heterocycles. The van der Waals surface area contributed by atoms with Crippen molar-refractivity contribution in [1.82, 2.24) is 4.57 Å². The van der Waals surface area contributed by atoms with Gasteiger partial charge in [-0.3, -0.25) is 0 Å². The number of rotatable bonds is 7. The van der Waals surface area contributed by atoms with Crippen LogP contribution >= 0.6 is 0 Å². The monoisotopic (exact) mass is 780 g/mol. The summed E-state index contributed by atoms with van der Waals surface area (Å²) in [6, 6.07) is 77.0. The van der Waals surface area contributed by atoms with E-state index in [1.807, 2.05) is 12.1 Å². The minimum atomic E-state index is 0.898. The van der Waals surface area contributed by atoms with Gasteiger partial charge in [0.2, 0.25) is 0 Å². The van der Waals surface area contributed by atoms with Crippen LogP contribution in [0.15, 0.2) is 217 Å². The maximum Gasteiger partial charge on any atom is 0.135 e. The van der Waals surface area contributed by atoms with E-state index in [0.717, 1.165) is 74.2 Å². The number of furan rings is 1. The van der Waals surface area contributed by atoms with Gasteiger partial charge in [-0.15, -0.1) is 0 Å². The second-order valence-electron chi connectivity index (χ2n) is 15.9. The summed E-state index contributed by atoms with van der Waals surface area (Å²) in [6.07, 6.45) is 4.34. The van der Waals surface area contributed by atoms with Gasteiger partial charge < -0.3 is 13.9 Å². The van der Waals surface area contributed by atoms with E-state index in [4.69, 9.17) is 4.42 Å². The molecule has 1 aliphatic rings. The number of benzene rings is 9. The number of anilines is 3. The van der Waals surface area contributed by atoms with E-state index in [0.29, 0.717) is 0 Å². The van der Waals surface area contributed by atoms with Gasteiger partial charge in [-0.25, -0.2) is 0 Å². The summed E-state index contributed by atoms with van der Waals surface area (Å²) in [7, 11) is 0. The summed E-state index contributed by atoms with van der Waals surface area (Å²) in [5.74, 6) is 0. The molecule has 0 radical (unpaired) electrons. The lowest BCUT2D eigenvalue weighted by molar-refractivity contribution is 0.669. The predicted molar refractivity (Wildman–Crippen MR) is 256 cm³/mol. The van der Waals surface area contributed by atoms with Crippen molar-refractivity contribution >= 4 is 72.5 Å². The van der Waals surface area contributed by atoms with E-state index in [-0.39, 0.29) is 0 Å². The van der Waals surface area contributed by atoms with Crippen LogP contribution in [0.3, 0.4) is 0 Å². The highest BCUT2D eigenvalue weighted by Gasteiger charge is 2.25. The molecule has 61 heavy (non-hydrogen) atoms. The van der Waals surface area contributed by atoms with Crippen LogP contribution in [0.1, 0.15) is 18.4 Å². The minimum Gasteiger partial charge on any atom is -0.456 e. The first-order valence-corrected chi connectivity index (χ1v) is 21.2. The molecular formula is C58H40N2O. The molecule has 9 aromatic carbocycles. The van der Waals surface area contributed by atoms with Crippen molar-refractivity contribution in [1.29, 1.82) is 0 Å². The Labute approximate surface area is 354 Å². The molecule has 0 unspecified atom stereocenters. The molecule has 2 aromatic heterocycles. The van der Waals surface area contributed by atoms with Crippen molar-refractivity contribution in [3.8, 4) is 27.9 Å². The molecule has 0 aliphatic heterocycles. The predicted octanol–water partition coefficient (Wildman–Crippen LogP) is 14.3. The van der Waals surface area contributed by atoms with Gasteiger partial charge in [-0.2, -0.15) is 0 Å². The average Bonchev–Trinajstić information content (AvgIpc) is 3.88. The smallest absolute Gasteiger partial charge is 0.135 e. The van der Waals surface area contributed by atoms with Gasteiger partial charge in [0, 0.05) is 38.5 Å². The lowest BCUT2D eigenvalue weighted by Crippen LogP contribution is -2.32. The lowest BCUT2D eigenvalue weighted by atomic mass is 9.88. The number of hydrogen-bond donors (Lipinski definition) is 0. The lowest BCUT2D eigenvalue weighted by Gasteiger charge is -2.30. The molecule has 12 rings (SSSR count). The average molecular weight is 781 g/mol. The van der Waals surface area contributed by atoms with Crippen LogP contribution < -0.4 is 15.3 Å². The second kappa shape index (κ2) is 14.4. The third-order valence-electron chi connectivity index (χ3n) is 12.5. The molecular weight excluding hydrogens is 741 g/mol. The van der Waals surface area contributed by atoms with Crippen LogP contribution in [0.5, 0.6) is 0 Å². The molecule has 288 valence electrons. The Balaban J connectivity index is 1.15. The number of nitrogens with zero attached hydrogens (tertiary/aromatic N) is 2. The van der Waals surface area contributed by atoms with Crippen molar-refractivity contribution in [3.63, 3.8) is 0 Å². The fraction of sp³-hybridized carbons (Fsp3) is 0.0345. The summed E-state index contributed by atoms with van der Waals surface area (Å²) in [5, 5.41) is 7.29. The first kappa shape index (κ1) is 35.1. The fourth-order valence-electron chi connectivity index (χ4n) is 9.81. The zero-order valence-electron chi connectivity index (χ0n) is 33.5. The highest BCUT2D eigenvalue weighted by molar-refractivity contribution is 6.17. The normalized spacial score (nSPS) is 12.6.